The van der Waals surface area contributed by atoms with E-state index in [1.165, 1.54) is 5.56 Å². The molecule has 0 atom stereocenters. The normalized spacial score (nSPS) is 11.7. The van der Waals surface area contributed by atoms with Gasteiger partial charge in [-0.2, -0.15) is 0 Å². The Labute approximate surface area is 101 Å². The number of nitrogens with zero attached hydrogens (tertiary/aromatic N) is 3. The summed E-state index contributed by atoms with van der Waals surface area (Å²) in [6.07, 6.45) is 2.87. The molecule has 0 spiro atoms. The minimum Gasteiger partial charge on any atom is -0.320 e. The van der Waals surface area contributed by atoms with Gasteiger partial charge in [-0.3, -0.25) is 4.68 Å². The fourth-order valence-electron chi connectivity index (χ4n) is 1.59. The second-order valence-electron chi connectivity index (χ2n) is 4.82. The van der Waals surface area contributed by atoms with Crippen LogP contribution in [0.3, 0.4) is 0 Å². The molecule has 2 aromatic rings. The fourth-order valence-corrected chi connectivity index (χ4v) is 1.59. The van der Waals surface area contributed by atoms with Gasteiger partial charge in [-0.1, -0.05) is 35.5 Å². The van der Waals surface area contributed by atoms with Crippen LogP contribution in [0.4, 0.5) is 0 Å². The maximum Gasteiger partial charge on any atom is 0.102 e. The molecule has 17 heavy (non-hydrogen) atoms. The standard InChI is InChI=1S/C13H18N4/c1-13(2,14)12-10-17(16-15-12)9-8-11-6-4-3-5-7-11/h3-7,10H,8-9,14H2,1-2H3. The van der Waals surface area contributed by atoms with Crippen LogP contribution in [0.5, 0.6) is 0 Å². The number of aryl methyl sites for hydroxylation is 2. The van der Waals surface area contributed by atoms with E-state index in [-0.39, 0.29) is 0 Å². The summed E-state index contributed by atoms with van der Waals surface area (Å²) in [7, 11) is 0. The molecule has 0 fully saturated rings. The van der Waals surface area contributed by atoms with Crippen molar-refractivity contribution in [2.75, 3.05) is 0 Å². The second-order valence-corrected chi connectivity index (χ2v) is 4.82. The maximum absolute atomic E-state index is 5.96. The second kappa shape index (κ2) is 4.67. The summed E-state index contributed by atoms with van der Waals surface area (Å²) in [5.41, 5.74) is 7.66. The third-order valence-corrected chi connectivity index (χ3v) is 2.67. The van der Waals surface area contributed by atoms with E-state index < -0.39 is 5.54 Å². The Morgan fingerprint density at radius 3 is 2.53 bits per heavy atom. The highest BCUT2D eigenvalue weighted by Crippen LogP contribution is 2.12. The SMILES string of the molecule is CC(C)(N)c1cn(CCc2ccccc2)nn1. The van der Waals surface area contributed by atoms with Crippen molar-refractivity contribution in [2.45, 2.75) is 32.4 Å². The number of nitrogens with two attached hydrogens (primary N) is 1. The lowest BCUT2D eigenvalue weighted by Crippen LogP contribution is -2.29. The summed E-state index contributed by atoms with van der Waals surface area (Å²) >= 11 is 0. The van der Waals surface area contributed by atoms with Crippen molar-refractivity contribution < 1.29 is 0 Å². The van der Waals surface area contributed by atoms with E-state index in [9.17, 15) is 0 Å². The largest absolute Gasteiger partial charge is 0.320 e. The van der Waals surface area contributed by atoms with Gasteiger partial charge in [0.2, 0.25) is 0 Å². The molecule has 0 radical (unpaired) electrons. The van der Waals surface area contributed by atoms with Crippen LogP contribution in [0.2, 0.25) is 0 Å². The summed E-state index contributed by atoms with van der Waals surface area (Å²) in [6, 6.07) is 10.3. The van der Waals surface area contributed by atoms with Crippen molar-refractivity contribution in [1.29, 1.82) is 0 Å². The monoisotopic (exact) mass is 230 g/mol. The van der Waals surface area contributed by atoms with Crippen LogP contribution >= 0.6 is 0 Å². The topological polar surface area (TPSA) is 56.7 Å². The number of hydrogen-bond acceptors (Lipinski definition) is 3. The first-order valence-corrected chi connectivity index (χ1v) is 5.79. The van der Waals surface area contributed by atoms with Gasteiger partial charge >= 0.3 is 0 Å². The van der Waals surface area contributed by atoms with Crippen LogP contribution in [0.15, 0.2) is 36.5 Å². The zero-order valence-electron chi connectivity index (χ0n) is 10.3. The molecular formula is C13H18N4. The molecule has 0 unspecified atom stereocenters. The quantitative estimate of drug-likeness (QED) is 0.870. The first kappa shape index (κ1) is 11.8. The average molecular weight is 230 g/mol. The van der Waals surface area contributed by atoms with Crippen LogP contribution in [-0.2, 0) is 18.5 Å². The van der Waals surface area contributed by atoms with Crippen LogP contribution in [0, 0.1) is 0 Å². The van der Waals surface area contributed by atoms with Gasteiger partial charge in [0.15, 0.2) is 0 Å². The van der Waals surface area contributed by atoms with Crippen LogP contribution in [0.25, 0.3) is 0 Å². The molecule has 4 nitrogen and oxygen atoms in total. The lowest BCUT2D eigenvalue weighted by Gasteiger charge is -2.13. The molecule has 0 amide bonds. The van der Waals surface area contributed by atoms with E-state index in [0.29, 0.717) is 0 Å². The molecule has 0 saturated heterocycles. The van der Waals surface area contributed by atoms with Gasteiger partial charge in [0, 0.05) is 6.54 Å². The lowest BCUT2D eigenvalue weighted by atomic mass is 10.0. The van der Waals surface area contributed by atoms with Gasteiger partial charge in [-0.15, -0.1) is 5.10 Å². The van der Waals surface area contributed by atoms with E-state index in [4.69, 9.17) is 5.73 Å². The zero-order chi connectivity index (χ0) is 12.3. The van der Waals surface area contributed by atoms with Gasteiger partial charge < -0.3 is 5.73 Å². The van der Waals surface area contributed by atoms with Gasteiger partial charge in [-0.05, 0) is 25.8 Å². The maximum atomic E-state index is 5.96. The van der Waals surface area contributed by atoms with Crippen LogP contribution < -0.4 is 5.73 Å². The van der Waals surface area contributed by atoms with Crippen LogP contribution in [0.1, 0.15) is 25.1 Å². The molecule has 1 aromatic heterocycles. The lowest BCUT2D eigenvalue weighted by molar-refractivity contribution is 0.533. The molecule has 0 aliphatic carbocycles. The molecule has 2 N–H and O–H groups in total. The van der Waals surface area contributed by atoms with E-state index in [1.807, 2.05) is 42.9 Å². The predicted molar refractivity (Wildman–Crippen MR) is 67.4 cm³/mol. The summed E-state index contributed by atoms with van der Waals surface area (Å²) in [6.45, 7) is 4.68. The molecule has 2 rings (SSSR count). The summed E-state index contributed by atoms with van der Waals surface area (Å²) in [4.78, 5) is 0. The Hall–Kier alpha value is -1.68. The Bertz CT molecular complexity index is 468. The average Bonchev–Trinajstić information content (AvgIpc) is 2.76. The van der Waals surface area contributed by atoms with Gasteiger partial charge in [0.05, 0.1) is 11.7 Å². The zero-order valence-corrected chi connectivity index (χ0v) is 10.3. The first-order chi connectivity index (χ1) is 8.05. The molecule has 0 saturated carbocycles. The molecule has 4 heteroatoms. The van der Waals surface area contributed by atoms with E-state index in [0.717, 1.165) is 18.7 Å². The van der Waals surface area contributed by atoms with E-state index >= 15 is 0 Å². The third-order valence-electron chi connectivity index (χ3n) is 2.67. The van der Waals surface area contributed by atoms with Crippen LogP contribution in [-0.4, -0.2) is 15.0 Å². The molecule has 0 aliphatic heterocycles. The third kappa shape index (κ3) is 3.14. The summed E-state index contributed by atoms with van der Waals surface area (Å²) in [5.74, 6) is 0. The minimum atomic E-state index is -0.426. The Morgan fingerprint density at radius 2 is 1.94 bits per heavy atom. The minimum absolute atomic E-state index is 0.426. The number of rotatable bonds is 4. The highest BCUT2D eigenvalue weighted by atomic mass is 15.4. The fraction of sp³-hybridized carbons (Fsp3) is 0.385. The van der Waals surface area contributed by atoms with Crippen molar-refractivity contribution in [2.24, 2.45) is 5.73 Å². The Balaban J connectivity index is 1.99. The molecular weight excluding hydrogens is 212 g/mol. The number of hydrogen-bond donors (Lipinski definition) is 1. The van der Waals surface area contributed by atoms with Crippen molar-refractivity contribution in [1.82, 2.24) is 15.0 Å². The van der Waals surface area contributed by atoms with E-state index in [2.05, 4.69) is 22.4 Å². The van der Waals surface area contributed by atoms with Gasteiger partial charge in [-0.25, -0.2) is 0 Å². The smallest absolute Gasteiger partial charge is 0.102 e. The van der Waals surface area contributed by atoms with Crippen molar-refractivity contribution >= 4 is 0 Å². The number of aromatic nitrogens is 3. The molecule has 90 valence electrons. The highest BCUT2D eigenvalue weighted by Gasteiger charge is 2.17. The Kier molecular flexibility index (Phi) is 3.24. The summed E-state index contributed by atoms with van der Waals surface area (Å²) < 4.78 is 1.84. The van der Waals surface area contributed by atoms with Gasteiger partial charge in [0.25, 0.3) is 0 Å². The first-order valence-electron chi connectivity index (χ1n) is 5.79. The van der Waals surface area contributed by atoms with Gasteiger partial charge in [0.1, 0.15) is 5.69 Å². The Morgan fingerprint density at radius 1 is 1.24 bits per heavy atom. The summed E-state index contributed by atoms with van der Waals surface area (Å²) in [5, 5.41) is 8.17. The molecule has 0 aliphatic rings. The van der Waals surface area contributed by atoms with Crippen molar-refractivity contribution in [3.63, 3.8) is 0 Å². The molecule has 1 aromatic carbocycles. The molecule has 0 bridgehead atoms. The van der Waals surface area contributed by atoms with E-state index in [1.54, 1.807) is 0 Å². The number of benzene rings is 1. The molecule has 1 heterocycles. The van der Waals surface area contributed by atoms with Crippen molar-refractivity contribution in [3.8, 4) is 0 Å². The predicted octanol–water partition coefficient (Wildman–Crippen LogP) is 1.71. The highest BCUT2D eigenvalue weighted by molar-refractivity contribution is 5.14. The van der Waals surface area contributed by atoms with Crippen molar-refractivity contribution in [3.05, 3.63) is 47.8 Å².